The molecule has 2 rings (SSSR count). The minimum absolute atomic E-state index is 0.0818. The van der Waals surface area contributed by atoms with Gasteiger partial charge in [0.15, 0.2) is 6.10 Å². The van der Waals surface area contributed by atoms with Crippen molar-refractivity contribution < 1.29 is 9.53 Å². The highest BCUT2D eigenvalue weighted by molar-refractivity contribution is 5.94. The maximum Gasteiger partial charge on any atom is 0.260 e. The normalized spacial score (nSPS) is 12.4. The maximum absolute atomic E-state index is 11.9. The molecule has 0 aliphatic heterocycles. The average Bonchev–Trinajstić information content (AvgIpc) is 2.41. The van der Waals surface area contributed by atoms with Crippen molar-refractivity contribution >= 4 is 22.5 Å². The molecule has 20 heavy (non-hydrogen) atoms. The van der Waals surface area contributed by atoms with Crippen molar-refractivity contribution in [1.82, 2.24) is 10.3 Å². The van der Waals surface area contributed by atoms with E-state index in [0.29, 0.717) is 17.0 Å². The van der Waals surface area contributed by atoms with E-state index in [-0.39, 0.29) is 11.9 Å². The van der Waals surface area contributed by atoms with E-state index in [4.69, 9.17) is 10.5 Å². The first kappa shape index (κ1) is 14.1. The first-order chi connectivity index (χ1) is 9.49. The van der Waals surface area contributed by atoms with Crippen LogP contribution in [-0.4, -0.2) is 23.0 Å². The van der Waals surface area contributed by atoms with Gasteiger partial charge in [-0.1, -0.05) is 0 Å². The SMILES string of the molecule is CC(C)NC(=O)C(C)Oc1ccc(N)c2ncccc12. The van der Waals surface area contributed by atoms with E-state index < -0.39 is 6.10 Å². The fourth-order valence-corrected chi connectivity index (χ4v) is 1.92. The van der Waals surface area contributed by atoms with Gasteiger partial charge in [-0.3, -0.25) is 9.78 Å². The summed E-state index contributed by atoms with van der Waals surface area (Å²) in [5, 5.41) is 3.62. The Balaban J connectivity index is 2.26. The van der Waals surface area contributed by atoms with Gasteiger partial charge in [-0.05, 0) is 45.0 Å². The summed E-state index contributed by atoms with van der Waals surface area (Å²) in [6.45, 7) is 5.54. The molecule has 0 bridgehead atoms. The van der Waals surface area contributed by atoms with E-state index >= 15 is 0 Å². The molecule has 5 nitrogen and oxygen atoms in total. The van der Waals surface area contributed by atoms with Crippen molar-refractivity contribution in [3.63, 3.8) is 0 Å². The highest BCUT2D eigenvalue weighted by atomic mass is 16.5. The van der Waals surface area contributed by atoms with E-state index in [1.165, 1.54) is 0 Å². The minimum Gasteiger partial charge on any atom is -0.480 e. The minimum atomic E-state index is -0.579. The first-order valence-electron chi connectivity index (χ1n) is 6.59. The number of aromatic nitrogens is 1. The van der Waals surface area contributed by atoms with E-state index in [0.717, 1.165) is 5.39 Å². The lowest BCUT2D eigenvalue weighted by atomic mass is 10.1. The fraction of sp³-hybridized carbons (Fsp3) is 0.333. The molecule has 1 unspecified atom stereocenters. The summed E-state index contributed by atoms with van der Waals surface area (Å²) in [4.78, 5) is 16.1. The van der Waals surface area contributed by atoms with Crippen molar-refractivity contribution in [2.24, 2.45) is 0 Å². The molecule has 1 aromatic heterocycles. The first-order valence-corrected chi connectivity index (χ1v) is 6.59. The van der Waals surface area contributed by atoms with Gasteiger partial charge in [0, 0.05) is 17.6 Å². The van der Waals surface area contributed by atoms with Gasteiger partial charge in [0.1, 0.15) is 5.75 Å². The molecule has 3 N–H and O–H groups in total. The van der Waals surface area contributed by atoms with Crippen LogP contribution in [0, 0.1) is 0 Å². The molecule has 0 radical (unpaired) electrons. The Bertz CT molecular complexity index is 626. The second kappa shape index (κ2) is 5.77. The third kappa shape index (κ3) is 2.99. The van der Waals surface area contributed by atoms with Gasteiger partial charge in [-0.2, -0.15) is 0 Å². The van der Waals surface area contributed by atoms with E-state index in [1.807, 2.05) is 26.0 Å². The van der Waals surface area contributed by atoms with Gasteiger partial charge in [0.25, 0.3) is 5.91 Å². The van der Waals surface area contributed by atoms with Crippen LogP contribution in [0.25, 0.3) is 10.9 Å². The Labute approximate surface area is 118 Å². The number of nitrogens with zero attached hydrogens (tertiary/aromatic N) is 1. The van der Waals surface area contributed by atoms with Gasteiger partial charge >= 0.3 is 0 Å². The quantitative estimate of drug-likeness (QED) is 0.836. The molecule has 0 aliphatic carbocycles. The zero-order valence-electron chi connectivity index (χ0n) is 11.9. The summed E-state index contributed by atoms with van der Waals surface area (Å²) >= 11 is 0. The molecule has 1 atom stereocenters. The number of carbonyl (C=O) groups excluding carboxylic acids is 1. The van der Waals surface area contributed by atoms with Gasteiger partial charge in [0.05, 0.1) is 11.2 Å². The number of hydrogen-bond donors (Lipinski definition) is 2. The van der Waals surface area contributed by atoms with Crippen LogP contribution in [0.15, 0.2) is 30.5 Å². The van der Waals surface area contributed by atoms with Crippen molar-refractivity contribution in [2.45, 2.75) is 32.9 Å². The Hall–Kier alpha value is -2.30. The van der Waals surface area contributed by atoms with Crippen LogP contribution in [0.4, 0.5) is 5.69 Å². The van der Waals surface area contributed by atoms with Gasteiger partial charge < -0.3 is 15.8 Å². The second-order valence-electron chi connectivity index (χ2n) is 4.98. The number of anilines is 1. The molecule has 5 heteroatoms. The number of nitrogen functional groups attached to an aromatic ring is 1. The zero-order valence-corrected chi connectivity index (χ0v) is 11.9. The maximum atomic E-state index is 11.9. The number of nitrogens with one attached hydrogen (secondary N) is 1. The van der Waals surface area contributed by atoms with Crippen LogP contribution in [0.5, 0.6) is 5.75 Å². The number of carbonyl (C=O) groups is 1. The molecule has 0 spiro atoms. The molecule has 0 fully saturated rings. The number of amides is 1. The van der Waals surface area contributed by atoms with Crippen LogP contribution < -0.4 is 15.8 Å². The van der Waals surface area contributed by atoms with Gasteiger partial charge in [0.2, 0.25) is 0 Å². The highest BCUT2D eigenvalue weighted by Crippen LogP contribution is 2.28. The predicted molar refractivity (Wildman–Crippen MR) is 79.5 cm³/mol. The summed E-state index contributed by atoms with van der Waals surface area (Å²) in [6, 6.07) is 7.27. The van der Waals surface area contributed by atoms with E-state index in [9.17, 15) is 4.79 Å². The zero-order chi connectivity index (χ0) is 14.7. The summed E-state index contributed by atoms with van der Waals surface area (Å²) < 4.78 is 5.74. The van der Waals surface area contributed by atoms with Crippen molar-refractivity contribution in [2.75, 3.05) is 5.73 Å². The molecule has 1 aromatic carbocycles. The molecule has 106 valence electrons. The molecule has 0 saturated heterocycles. The Morgan fingerprint density at radius 2 is 2.05 bits per heavy atom. The molecular formula is C15H19N3O2. The number of pyridine rings is 1. The van der Waals surface area contributed by atoms with Crippen LogP contribution in [-0.2, 0) is 4.79 Å². The third-order valence-electron chi connectivity index (χ3n) is 2.86. The molecule has 2 aromatic rings. The lowest BCUT2D eigenvalue weighted by Gasteiger charge is -2.17. The highest BCUT2D eigenvalue weighted by Gasteiger charge is 2.17. The van der Waals surface area contributed by atoms with Crippen molar-refractivity contribution in [1.29, 1.82) is 0 Å². The Kier molecular flexibility index (Phi) is 4.08. The summed E-state index contributed by atoms with van der Waals surface area (Å²) in [6.07, 6.45) is 1.10. The lowest BCUT2D eigenvalue weighted by molar-refractivity contribution is -0.127. The Morgan fingerprint density at radius 1 is 1.30 bits per heavy atom. The predicted octanol–water partition coefficient (Wildman–Crippen LogP) is 2.11. The van der Waals surface area contributed by atoms with Crippen LogP contribution in [0.2, 0.25) is 0 Å². The summed E-state index contributed by atoms with van der Waals surface area (Å²) in [7, 11) is 0. The lowest BCUT2D eigenvalue weighted by Crippen LogP contribution is -2.40. The molecule has 1 amide bonds. The van der Waals surface area contributed by atoms with Crippen LogP contribution >= 0.6 is 0 Å². The fourth-order valence-electron chi connectivity index (χ4n) is 1.92. The second-order valence-corrected chi connectivity index (χ2v) is 4.98. The smallest absolute Gasteiger partial charge is 0.260 e. The summed E-state index contributed by atoms with van der Waals surface area (Å²) in [5.41, 5.74) is 7.16. The largest absolute Gasteiger partial charge is 0.480 e. The number of ether oxygens (including phenoxy) is 1. The monoisotopic (exact) mass is 273 g/mol. The summed E-state index contributed by atoms with van der Waals surface area (Å²) in [5.74, 6) is 0.461. The Morgan fingerprint density at radius 3 is 2.75 bits per heavy atom. The topological polar surface area (TPSA) is 77.2 Å². The van der Waals surface area contributed by atoms with Gasteiger partial charge in [-0.15, -0.1) is 0 Å². The van der Waals surface area contributed by atoms with Crippen molar-refractivity contribution in [3.05, 3.63) is 30.5 Å². The average molecular weight is 273 g/mol. The van der Waals surface area contributed by atoms with Crippen molar-refractivity contribution in [3.8, 4) is 5.75 Å². The van der Waals surface area contributed by atoms with Gasteiger partial charge in [-0.25, -0.2) is 0 Å². The van der Waals surface area contributed by atoms with E-state index in [2.05, 4.69) is 10.3 Å². The number of fused-ring (bicyclic) bond motifs is 1. The van der Waals surface area contributed by atoms with Crippen LogP contribution in [0.1, 0.15) is 20.8 Å². The standard InChI is InChI=1S/C15H19N3O2/c1-9(2)18-15(19)10(3)20-13-7-6-12(16)14-11(13)5-4-8-17-14/h4-10H,16H2,1-3H3,(H,18,19). The number of nitrogens with two attached hydrogens (primary N) is 1. The molecule has 1 heterocycles. The van der Waals surface area contributed by atoms with E-state index in [1.54, 1.807) is 25.3 Å². The molecule has 0 aliphatic rings. The third-order valence-corrected chi connectivity index (χ3v) is 2.86. The molecule has 0 saturated carbocycles. The molecular weight excluding hydrogens is 254 g/mol. The van der Waals surface area contributed by atoms with Crippen LogP contribution in [0.3, 0.4) is 0 Å². The number of benzene rings is 1. The number of rotatable bonds is 4. The number of hydrogen-bond acceptors (Lipinski definition) is 4.